The predicted molar refractivity (Wildman–Crippen MR) is 78.2 cm³/mol. The van der Waals surface area contributed by atoms with Crippen LogP contribution in [0.25, 0.3) is 0 Å². The second-order valence-electron chi connectivity index (χ2n) is 5.32. The van der Waals surface area contributed by atoms with Crippen molar-refractivity contribution in [3.8, 4) is 0 Å². The SMILES string of the molecule is CC1CCC(OCc2ccc(CN)cc2Br)CC1. The Morgan fingerprint density at radius 1 is 1.28 bits per heavy atom. The average Bonchev–Trinajstić information content (AvgIpc) is 2.39. The molecule has 1 saturated carbocycles. The molecule has 18 heavy (non-hydrogen) atoms. The highest BCUT2D eigenvalue weighted by Crippen LogP contribution is 2.27. The zero-order valence-electron chi connectivity index (χ0n) is 11.0. The summed E-state index contributed by atoms with van der Waals surface area (Å²) in [5, 5.41) is 0. The summed E-state index contributed by atoms with van der Waals surface area (Å²) in [6.07, 6.45) is 5.47. The molecule has 1 fully saturated rings. The number of hydrogen-bond acceptors (Lipinski definition) is 2. The Hall–Kier alpha value is -0.380. The van der Waals surface area contributed by atoms with Crippen LogP contribution in [0, 0.1) is 5.92 Å². The molecular weight excluding hydrogens is 290 g/mol. The first-order valence-corrected chi connectivity index (χ1v) is 7.57. The summed E-state index contributed by atoms with van der Waals surface area (Å²) < 4.78 is 7.12. The van der Waals surface area contributed by atoms with Gasteiger partial charge in [0, 0.05) is 11.0 Å². The van der Waals surface area contributed by atoms with Gasteiger partial charge in [0.2, 0.25) is 0 Å². The highest BCUT2D eigenvalue weighted by atomic mass is 79.9. The minimum atomic E-state index is 0.447. The topological polar surface area (TPSA) is 35.2 Å². The molecule has 0 atom stereocenters. The van der Waals surface area contributed by atoms with Crippen LogP contribution >= 0.6 is 15.9 Å². The second kappa shape index (κ2) is 6.69. The lowest BCUT2D eigenvalue weighted by molar-refractivity contribution is 0.00852. The summed E-state index contributed by atoms with van der Waals surface area (Å²) in [7, 11) is 0. The maximum Gasteiger partial charge on any atom is 0.0731 e. The predicted octanol–water partition coefficient (Wildman–Crippen LogP) is 4.00. The molecule has 1 aromatic carbocycles. The van der Waals surface area contributed by atoms with E-state index in [4.69, 9.17) is 10.5 Å². The summed E-state index contributed by atoms with van der Waals surface area (Å²) in [4.78, 5) is 0. The molecule has 1 aliphatic carbocycles. The maximum absolute atomic E-state index is 6.01. The first-order chi connectivity index (χ1) is 8.69. The Kier molecular flexibility index (Phi) is 5.22. The summed E-state index contributed by atoms with van der Waals surface area (Å²) in [5.41, 5.74) is 7.98. The van der Waals surface area contributed by atoms with Crippen LogP contribution in [0.1, 0.15) is 43.7 Å². The van der Waals surface area contributed by atoms with Crippen molar-refractivity contribution in [1.82, 2.24) is 0 Å². The van der Waals surface area contributed by atoms with Crippen LogP contribution in [0.3, 0.4) is 0 Å². The maximum atomic E-state index is 6.01. The third-order valence-electron chi connectivity index (χ3n) is 3.79. The van der Waals surface area contributed by atoms with Crippen molar-refractivity contribution in [1.29, 1.82) is 0 Å². The van der Waals surface area contributed by atoms with E-state index in [0.717, 1.165) is 16.0 Å². The molecule has 0 saturated heterocycles. The number of hydrogen-bond donors (Lipinski definition) is 1. The molecule has 1 aliphatic rings. The zero-order valence-corrected chi connectivity index (χ0v) is 12.6. The highest BCUT2D eigenvalue weighted by Gasteiger charge is 2.18. The number of rotatable bonds is 4. The molecular formula is C15H22BrNO. The number of ether oxygens (including phenoxy) is 1. The average molecular weight is 312 g/mol. The fourth-order valence-electron chi connectivity index (χ4n) is 2.44. The van der Waals surface area contributed by atoms with Crippen molar-refractivity contribution in [3.63, 3.8) is 0 Å². The van der Waals surface area contributed by atoms with Gasteiger partial charge in [0.05, 0.1) is 12.7 Å². The largest absolute Gasteiger partial charge is 0.374 e. The van der Waals surface area contributed by atoms with Crippen LogP contribution in [0.4, 0.5) is 0 Å². The summed E-state index contributed by atoms with van der Waals surface area (Å²) in [6, 6.07) is 6.27. The van der Waals surface area contributed by atoms with Gasteiger partial charge in [0.1, 0.15) is 0 Å². The fourth-order valence-corrected chi connectivity index (χ4v) is 2.98. The molecule has 0 heterocycles. The first-order valence-electron chi connectivity index (χ1n) is 6.78. The Morgan fingerprint density at radius 2 is 2.00 bits per heavy atom. The molecule has 2 rings (SSSR count). The van der Waals surface area contributed by atoms with Crippen LogP contribution in [0.2, 0.25) is 0 Å². The number of benzene rings is 1. The standard InChI is InChI=1S/C15H22BrNO/c1-11-2-6-14(7-3-11)18-10-13-5-4-12(9-17)8-15(13)16/h4-5,8,11,14H,2-3,6-7,9-10,17H2,1H3. The van der Waals surface area contributed by atoms with Gasteiger partial charge in [0.15, 0.2) is 0 Å². The van der Waals surface area contributed by atoms with Gasteiger partial charge in [-0.1, -0.05) is 35.0 Å². The van der Waals surface area contributed by atoms with Crippen LogP contribution in [-0.4, -0.2) is 6.10 Å². The minimum Gasteiger partial charge on any atom is -0.374 e. The van der Waals surface area contributed by atoms with Crippen LogP contribution in [-0.2, 0) is 17.9 Å². The van der Waals surface area contributed by atoms with Gasteiger partial charge in [0.25, 0.3) is 0 Å². The van der Waals surface area contributed by atoms with Gasteiger partial charge in [-0.2, -0.15) is 0 Å². The van der Waals surface area contributed by atoms with Crippen LogP contribution in [0.15, 0.2) is 22.7 Å². The lowest BCUT2D eigenvalue weighted by atomic mass is 9.89. The third-order valence-corrected chi connectivity index (χ3v) is 4.53. The Labute approximate surface area is 118 Å². The smallest absolute Gasteiger partial charge is 0.0731 e. The molecule has 0 amide bonds. The highest BCUT2D eigenvalue weighted by molar-refractivity contribution is 9.10. The fraction of sp³-hybridized carbons (Fsp3) is 0.600. The number of nitrogens with two attached hydrogens (primary N) is 1. The van der Waals surface area contributed by atoms with Gasteiger partial charge in [-0.25, -0.2) is 0 Å². The van der Waals surface area contributed by atoms with Crippen LogP contribution < -0.4 is 5.73 Å². The van der Waals surface area contributed by atoms with E-state index in [1.54, 1.807) is 0 Å². The second-order valence-corrected chi connectivity index (χ2v) is 6.18. The molecule has 2 nitrogen and oxygen atoms in total. The molecule has 0 unspecified atom stereocenters. The third kappa shape index (κ3) is 3.81. The summed E-state index contributed by atoms with van der Waals surface area (Å²) in [5.74, 6) is 0.875. The Bertz CT molecular complexity index is 386. The van der Waals surface area contributed by atoms with Gasteiger partial charge in [-0.05, 0) is 48.8 Å². The van der Waals surface area contributed by atoms with Gasteiger partial charge < -0.3 is 10.5 Å². The molecule has 1 aromatic rings. The normalized spacial score (nSPS) is 24.2. The van der Waals surface area contributed by atoms with Gasteiger partial charge >= 0.3 is 0 Å². The lowest BCUT2D eigenvalue weighted by Crippen LogP contribution is -2.20. The van der Waals surface area contributed by atoms with Gasteiger partial charge in [-0.15, -0.1) is 0 Å². The van der Waals surface area contributed by atoms with E-state index < -0.39 is 0 Å². The van der Waals surface area contributed by atoms with Crippen LogP contribution in [0.5, 0.6) is 0 Å². The Balaban J connectivity index is 1.86. The van der Waals surface area contributed by atoms with Crippen molar-refractivity contribution in [2.45, 2.75) is 51.9 Å². The van der Waals surface area contributed by atoms with E-state index in [1.807, 2.05) is 0 Å². The molecule has 0 aliphatic heterocycles. The van der Waals surface area contributed by atoms with E-state index in [-0.39, 0.29) is 0 Å². The van der Waals surface area contributed by atoms with E-state index in [0.29, 0.717) is 19.3 Å². The minimum absolute atomic E-state index is 0.447. The van der Waals surface area contributed by atoms with Crippen molar-refractivity contribution in [2.75, 3.05) is 0 Å². The van der Waals surface area contributed by atoms with Gasteiger partial charge in [-0.3, -0.25) is 0 Å². The number of halogens is 1. The Morgan fingerprint density at radius 3 is 2.61 bits per heavy atom. The summed E-state index contributed by atoms with van der Waals surface area (Å²) in [6.45, 7) is 3.61. The molecule has 0 spiro atoms. The monoisotopic (exact) mass is 311 g/mol. The molecule has 0 radical (unpaired) electrons. The lowest BCUT2D eigenvalue weighted by Gasteiger charge is -2.26. The van der Waals surface area contributed by atoms with E-state index >= 15 is 0 Å². The molecule has 0 aromatic heterocycles. The molecule has 0 bridgehead atoms. The van der Waals surface area contributed by atoms with Crippen molar-refractivity contribution >= 4 is 15.9 Å². The van der Waals surface area contributed by atoms with Crippen molar-refractivity contribution in [2.24, 2.45) is 11.7 Å². The van der Waals surface area contributed by atoms with Crippen molar-refractivity contribution in [3.05, 3.63) is 33.8 Å². The molecule has 3 heteroatoms. The zero-order chi connectivity index (χ0) is 13.0. The van der Waals surface area contributed by atoms with Crippen molar-refractivity contribution < 1.29 is 4.74 Å². The van der Waals surface area contributed by atoms with E-state index in [2.05, 4.69) is 41.1 Å². The molecule has 100 valence electrons. The van der Waals surface area contributed by atoms with E-state index in [1.165, 1.54) is 31.2 Å². The summed E-state index contributed by atoms with van der Waals surface area (Å²) >= 11 is 3.59. The molecule has 2 N–H and O–H groups in total. The quantitative estimate of drug-likeness (QED) is 0.912. The first kappa shape index (κ1) is 14.0. The van der Waals surface area contributed by atoms with E-state index in [9.17, 15) is 0 Å².